The number of rotatable bonds is 29. The van der Waals surface area contributed by atoms with Crippen molar-refractivity contribution < 1.29 is 60.9 Å². The van der Waals surface area contributed by atoms with Crippen molar-refractivity contribution in [2.75, 3.05) is 75.0 Å². The fourth-order valence-electron chi connectivity index (χ4n) is 14.2. The molecule has 0 unspecified atom stereocenters. The molecule has 22 heteroatoms. The molecule has 13 nitrogen and oxygen atoms in total. The minimum absolute atomic E-state index is 0. The van der Waals surface area contributed by atoms with Crippen molar-refractivity contribution in [1.29, 1.82) is 11.1 Å². The van der Waals surface area contributed by atoms with Gasteiger partial charge in [0.1, 0.15) is 0 Å². The Morgan fingerprint density at radius 2 is 0.586 bits per heavy atom. The molecule has 0 aliphatic carbocycles. The molecule has 0 radical (unpaired) electrons. The van der Waals surface area contributed by atoms with Crippen molar-refractivity contribution in [3.63, 3.8) is 0 Å². The van der Waals surface area contributed by atoms with E-state index in [0.29, 0.717) is 42.3 Å². The molecule has 14 rings (SSSR count). The summed E-state index contributed by atoms with van der Waals surface area (Å²) >= 11 is 14.4. The summed E-state index contributed by atoms with van der Waals surface area (Å²) in [6.07, 6.45) is 26.0. The summed E-state index contributed by atoms with van der Waals surface area (Å²) in [6, 6.07) is 95.8. The number of carbonyl (C=O) groups is 4. The molecule has 728 valence electrons. The Bertz CT molecular complexity index is 5900. The maximum Gasteiger partial charge on any atom is 1.00 e. The zero-order chi connectivity index (χ0) is 99.4. The van der Waals surface area contributed by atoms with Crippen LogP contribution in [0.1, 0.15) is 157 Å². The molecular formula is C118H136AlILiN5O8S6. The molecule has 2 amide bonds. The van der Waals surface area contributed by atoms with Gasteiger partial charge in [-0.25, -0.2) is 11.1 Å². The Labute approximate surface area is 897 Å². The topological polar surface area (TPSA) is 241 Å². The predicted molar refractivity (Wildman–Crippen MR) is 621 cm³/mol. The van der Waals surface area contributed by atoms with E-state index in [-0.39, 0.29) is 80.7 Å². The summed E-state index contributed by atoms with van der Waals surface area (Å²) < 4.78 is 10.1. The SMILES string of the molecule is COC(=O)CS.COC(=O)CSc1cccc(/C=C/c2c(C)cccc2C)c1.Cc1cccc(C)c1/C=C/c1cccc(I)c1.Cc1cccc(C)c1/C=C/c1cccc(SCCN)c1.Cc1cccc(C)c1/C=C/c1cccc(SCCN)c1.Cc1cccc(C)c1/C=C/c1cccc(SCCN2C(=O)c3ccccc3C2=O)c1.Cc1cccc(C)c1/C=C/c1cccc(SCCO)c1.N=N.O.[AlH3].[H-].[HH].[Li+]. The fourth-order valence-corrected chi connectivity index (χ4v) is 18.9. The number of nitrogens with two attached hydrogens (primary N) is 2. The van der Waals surface area contributed by atoms with Gasteiger partial charge in [0.05, 0.1) is 43.5 Å². The number of esters is 2. The van der Waals surface area contributed by atoms with Gasteiger partial charge >= 0.3 is 30.8 Å². The monoisotopic (exact) mass is 2100 g/mol. The first-order chi connectivity index (χ1) is 66.2. The molecular weight excluding hydrogens is 1970 g/mol. The van der Waals surface area contributed by atoms with Gasteiger partial charge in [-0.15, -0.1) is 58.8 Å². The van der Waals surface area contributed by atoms with Gasteiger partial charge in [0.15, 0.2) is 17.4 Å². The number of fused-ring (bicyclic) bond motifs is 1. The van der Waals surface area contributed by atoms with Gasteiger partial charge in [0.2, 0.25) is 0 Å². The number of aryl methyl sites for hydroxylation is 12. The summed E-state index contributed by atoms with van der Waals surface area (Å²) in [5.74, 6) is 2.94. The van der Waals surface area contributed by atoms with E-state index in [1.165, 1.54) is 172 Å². The van der Waals surface area contributed by atoms with E-state index in [4.69, 9.17) is 27.6 Å². The van der Waals surface area contributed by atoms with E-state index >= 15 is 0 Å². The van der Waals surface area contributed by atoms with Crippen molar-refractivity contribution in [2.45, 2.75) is 108 Å². The molecule has 1 aliphatic heterocycles. The van der Waals surface area contributed by atoms with Gasteiger partial charge in [0, 0.05) is 72.1 Å². The number of benzene rings is 13. The van der Waals surface area contributed by atoms with Crippen LogP contribution in [0.3, 0.4) is 0 Å². The van der Waals surface area contributed by atoms with Crippen LogP contribution >= 0.6 is 94.0 Å². The van der Waals surface area contributed by atoms with Gasteiger partial charge in [-0.2, -0.15) is 12.6 Å². The first-order valence-corrected chi connectivity index (χ1v) is 51.7. The molecule has 13 aromatic rings. The molecule has 140 heavy (non-hydrogen) atoms. The molecule has 1 aliphatic rings. The number of nitrogens with one attached hydrogen (secondary N) is 2. The third kappa shape index (κ3) is 42.5. The Kier molecular flexibility index (Phi) is 59.3. The average Bonchev–Trinajstić information content (AvgIpc) is 1.64. The van der Waals surface area contributed by atoms with E-state index in [1.807, 2.05) is 18.2 Å². The van der Waals surface area contributed by atoms with Crippen LogP contribution in [0.25, 0.3) is 72.9 Å². The molecule has 13 aromatic carbocycles. The Morgan fingerprint density at radius 3 is 0.814 bits per heavy atom. The number of aliphatic hydroxyl groups is 1. The molecule has 1 heterocycles. The van der Waals surface area contributed by atoms with Crippen LogP contribution < -0.4 is 30.3 Å². The molecule has 0 spiro atoms. The Hall–Kier alpha value is -10.2. The van der Waals surface area contributed by atoms with Crippen LogP contribution in [0, 0.1) is 97.7 Å². The Morgan fingerprint density at radius 1 is 0.357 bits per heavy atom. The summed E-state index contributed by atoms with van der Waals surface area (Å²) in [5.41, 5.74) is 52.6. The van der Waals surface area contributed by atoms with Gasteiger partial charge < -0.3 is 33.0 Å². The van der Waals surface area contributed by atoms with E-state index in [0.717, 1.165) is 38.2 Å². The van der Waals surface area contributed by atoms with Crippen molar-refractivity contribution in [3.05, 3.63) is 427 Å². The van der Waals surface area contributed by atoms with Crippen molar-refractivity contribution in [1.82, 2.24) is 4.90 Å². The number of hydrogen-bond acceptors (Lipinski definition) is 17. The third-order valence-electron chi connectivity index (χ3n) is 21.6. The summed E-state index contributed by atoms with van der Waals surface area (Å²) in [7, 11) is 2.74. The number of nitrogens with zero attached hydrogens (tertiary/aromatic N) is 1. The van der Waals surface area contributed by atoms with Crippen molar-refractivity contribution >= 4 is 208 Å². The standard InChI is InChI=1S/C26H23NO2S.C19H20O2S.2C18H21NS.C18H20OS.C16H15I.C3H6O2S.Al.Li.H2N2.H2O.H2.4H/c1-18-7-5-8-19(2)22(18)14-13-20-9-6-10-21(17-20)30-16-15-27-25(28)23-11-3-4-12-24(23)26(27)29;1-14-6-4-7-15(2)18(14)11-10-16-8-5-9-17(12-16)22-13-19(20)21-3;3*1-14-5-3-6-15(2)18(14)10-9-16-7-4-8-17(13-16)20-12-11-19;1-12-5-3-6-13(2)16(12)10-9-14-7-4-8-15(17)11-14;1-5-3(4)2-6;;;1-2;;;;;;/h3-14,17H,15-16H2,1-2H3;4-12H,13H2,1-3H3;2*3-10,13H,11-12,19H2,1-2H3;3-10,13,19H,11-12H2,1-2H3;3-11H,1-2H3;6H,2H2,1H3;;;1-2H;1H2;1H;;;;/q;;;;;;;;+1;;;;;;;-1/b14-13+;11-10+;4*10-9+;;;;;;;;;;. The Balaban J connectivity index is 0.000000568. The maximum absolute atomic E-state index is 12.5. The van der Waals surface area contributed by atoms with Crippen LogP contribution in [0.15, 0.2) is 304 Å². The molecule has 0 fully saturated rings. The first-order valence-electron chi connectivity index (χ1n) is 45.0. The van der Waals surface area contributed by atoms with Crippen molar-refractivity contribution in [3.8, 4) is 0 Å². The van der Waals surface area contributed by atoms with Crippen LogP contribution in [0.5, 0.6) is 0 Å². The van der Waals surface area contributed by atoms with Gasteiger partial charge in [-0.3, -0.25) is 24.1 Å². The number of ether oxygens (including phenoxy) is 2. The molecule has 0 aromatic heterocycles. The number of hydrogen-bond donors (Lipinski definition) is 6. The summed E-state index contributed by atoms with van der Waals surface area (Å²) in [6.45, 7) is 27.7. The minimum Gasteiger partial charge on any atom is -1.00 e. The number of halogens is 1. The van der Waals surface area contributed by atoms with E-state index in [2.05, 4.69) is 437 Å². The number of carbonyl (C=O) groups excluding carboxylic acids is 4. The van der Waals surface area contributed by atoms with Crippen LogP contribution in [-0.4, -0.2) is 132 Å². The van der Waals surface area contributed by atoms with E-state index in [9.17, 15) is 19.2 Å². The van der Waals surface area contributed by atoms with Crippen molar-refractivity contribution in [2.24, 2.45) is 11.5 Å². The summed E-state index contributed by atoms with van der Waals surface area (Å²) in [5, 5.41) is 8.88. The molecule has 0 atom stereocenters. The number of aliphatic hydroxyl groups excluding tert-OH is 1. The second-order valence-electron chi connectivity index (χ2n) is 31.9. The van der Waals surface area contributed by atoms with Crippen LogP contribution in [0.2, 0.25) is 0 Å². The molecule has 0 saturated carbocycles. The number of thioether (sulfide) groups is 5. The second kappa shape index (κ2) is 68.1. The molecule has 0 bridgehead atoms. The minimum atomic E-state index is -0.293. The van der Waals surface area contributed by atoms with Crippen LogP contribution in [-0.2, 0) is 19.1 Å². The first kappa shape index (κ1) is 122. The zero-order valence-corrected chi connectivity index (χ0v) is 89.6. The molecule has 9 N–H and O–H groups in total. The summed E-state index contributed by atoms with van der Waals surface area (Å²) in [4.78, 5) is 53.3. The van der Waals surface area contributed by atoms with Gasteiger partial charge in [-0.1, -0.05) is 267 Å². The van der Waals surface area contributed by atoms with Gasteiger partial charge in [0.25, 0.3) is 11.8 Å². The zero-order valence-electron chi connectivity index (χ0n) is 83.4. The van der Waals surface area contributed by atoms with Crippen LogP contribution in [0.4, 0.5) is 0 Å². The number of thiol groups is 1. The van der Waals surface area contributed by atoms with E-state index < -0.39 is 0 Å². The normalized spacial score (nSPS) is 11.0. The number of imide groups is 1. The quantitative estimate of drug-likeness (QED) is 0.00374. The average molecular weight is 2110 g/mol. The van der Waals surface area contributed by atoms with Gasteiger partial charge in [-0.05, 0) is 324 Å². The number of amides is 2. The second-order valence-corrected chi connectivity index (χ2v) is 39.1. The number of methoxy groups -OCH3 is 2. The smallest absolute Gasteiger partial charge is 1.00 e. The van der Waals surface area contributed by atoms with E-state index in [1.54, 1.807) is 71.3 Å². The largest absolute Gasteiger partial charge is 1.00 e. The molecule has 0 saturated heterocycles. The predicted octanol–water partition coefficient (Wildman–Crippen LogP) is 25.3. The maximum atomic E-state index is 12.5. The third-order valence-corrected chi connectivity index (χ3v) is 27.5. The fraction of sp³-hybridized carbons (Fsp3) is 0.203.